The average molecular weight is 300 g/mol. The Kier molecular flexibility index (Phi) is 5.52. The summed E-state index contributed by atoms with van der Waals surface area (Å²) in [6, 6.07) is 4.21. The summed E-state index contributed by atoms with van der Waals surface area (Å²) >= 11 is 0. The molecule has 1 rings (SSSR count). The first-order valence-electron chi connectivity index (χ1n) is 6.27. The maximum absolute atomic E-state index is 12.2. The van der Waals surface area contributed by atoms with Crippen LogP contribution in [0, 0.1) is 0 Å². The largest absolute Gasteiger partial charge is 0.495 e. The van der Waals surface area contributed by atoms with Gasteiger partial charge >= 0.3 is 0 Å². The molecule has 0 fully saturated rings. The van der Waals surface area contributed by atoms with E-state index in [1.165, 1.54) is 25.3 Å². The molecule has 1 amide bonds. The molecule has 0 radical (unpaired) electrons. The topological polar surface area (TPSA) is 89.7 Å². The second-order valence-corrected chi connectivity index (χ2v) is 6.02. The number of benzene rings is 1. The minimum Gasteiger partial charge on any atom is -0.495 e. The van der Waals surface area contributed by atoms with Crippen molar-refractivity contribution in [3.8, 4) is 5.75 Å². The van der Waals surface area contributed by atoms with Crippen molar-refractivity contribution in [2.24, 2.45) is 5.14 Å². The van der Waals surface area contributed by atoms with Gasteiger partial charge in [-0.2, -0.15) is 0 Å². The number of nitrogens with zero attached hydrogens (tertiary/aromatic N) is 1. The van der Waals surface area contributed by atoms with Crippen LogP contribution in [0.1, 0.15) is 30.1 Å². The lowest BCUT2D eigenvalue weighted by molar-refractivity contribution is 0.0793. The molecule has 0 aliphatic carbocycles. The predicted molar refractivity (Wildman–Crippen MR) is 76.2 cm³/mol. The van der Waals surface area contributed by atoms with Crippen LogP contribution >= 0.6 is 0 Å². The number of methoxy groups -OCH3 is 1. The van der Waals surface area contributed by atoms with Crippen LogP contribution in [0.4, 0.5) is 0 Å². The first-order valence-corrected chi connectivity index (χ1v) is 7.82. The molecule has 0 unspecified atom stereocenters. The van der Waals surface area contributed by atoms with E-state index in [9.17, 15) is 13.2 Å². The molecule has 0 atom stereocenters. The van der Waals surface area contributed by atoms with Gasteiger partial charge in [0.2, 0.25) is 10.0 Å². The third kappa shape index (κ3) is 3.94. The van der Waals surface area contributed by atoms with Crippen molar-refractivity contribution < 1.29 is 17.9 Å². The summed E-state index contributed by atoms with van der Waals surface area (Å²) in [4.78, 5) is 13.5. The predicted octanol–water partition coefficient (Wildman–Crippen LogP) is 1.21. The molecule has 0 spiro atoms. The first-order chi connectivity index (χ1) is 9.31. The van der Waals surface area contributed by atoms with E-state index in [1.54, 1.807) is 11.9 Å². The van der Waals surface area contributed by atoms with E-state index in [0.29, 0.717) is 6.54 Å². The fraction of sp³-hybridized carbons (Fsp3) is 0.462. The number of nitrogens with two attached hydrogens (primary N) is 1. The second kappa shape index (κ2) is 6.71. The number of rotatable bonds is 6. The van der Waals surface area contributed by atoms with Gasteiger partial charge in [-0.1, -0.05) is 13.3 Å². The van der Waals surface area contributed by atoms with Crippen LogP contribution in [0.15, 0.2) is 23.1 Å². The number of sulfonamides is 1. The highest BCUT2D eigenvalue weighted by atomic mass is 32.2. The normalized spacial score (nSPS) is 11.2. The van der Waals surface area contributed by atoms with Crippen molar-refractivity contribution in [3.63, 3.8) is 0 Å². The Bertz CT molecular complexity index is 584. The molecule has 0 aliphatic heterocycles. The van der Waals surface area contributed by atoms with Crippen LogP contribution < -0.4 is 9.88 Å². The summed E-state index contributed by atoms with van der Waals surface area (Å²) in [6.07, 6.45) is 1.86. The summed E-state index contributed by atoms with van der Waals surface area (Å²) in [5.74, 6) is -0.119. The molecule has 112 valence electrons. The Labute approximate surface area is 119 Å². The van der Waals surface area contributed by atoms with Crippen molar-refractivity contribution in [3.05, 3.63) is 23.8 Å². The molecule has 2 N–H and O–H groups in total. The summed E-state index contributed by atoms with van der Waals surface area (Å²) < 4.78 is 28.0. The second-order valence-electron chi connectivity index (χ2n) is 4.49. The molecule has 0 bridgehead atoms. The van der Waals surface area contributed by atoms with Gasteiger partial charge < -0.3 is 9.64 Å². The Hall–Kier alpha value is -1.60. The highest BCUT2D eigenvalue weighted by Gasteiger charge is 2.19. The Balaban J connectivity index is 3.12. The lowest BCUT2D eigenvalue weighted by atomic mass is 10.2. The van der Waals surface area contributed by atoms with E-state index in [1.807, 2.05) is 6.92 Å². The molecule has 0 aliphatic rings. The van der Waals surface area contributed by atoms with Crippen LogP contribution in [0.3, 0.4) is 0 Å². The summed E-state index contributed by atoms with van der Waals surface area (Å²) in [7, 11) is -0.914. The quantitative estimate of drug-likeness (QED) is 0.855. The molecule has 0 saturated carbocycles. The van der Waals surface area contributed by atoms with Crippen molar-refractivity contribution in [1.29, 1.82) is 0 Å². The Morgan fingerprint density at radius 2 is 2.05 bits per heavy atom. The molecule has 1 aromatic rings. The summed E-state index contributed by atoms with van der Waals surface area (Å²) in [6.45, 7) is 2.65. The van der Waals surface area contributed by atoms with Gasteiger partial charge in [-0.05, 0) is 24.6 Å². The van der Waals surface area contributed by atoms with Crippen LogP contribution in [-0.4, -0.2) is 39.9 Å². The van der Waals surface area contributed by atoms with Crippen LogP contribution in [0.25, 0.3) is 0 Å². The van der Waals surface area contributed by atoms with E-state index >= 15 is 0 Å². The molecule has 1 aromatic carbocycles. The number of unbranched alkanes of at least 4 members (excludes halogenated alkanes) is 1. The molecular weight excluding hydrogens is 280 g/mol. The van der Waals surface area contributed by atoms with Crippen molar-refractivity contribution in [1.82, 2.24) is 4.90 Å². The first kappa shape index (κ1) is 16.5. The molecule has 0 saturated heterocycles. The van der Waals surface area contributed by atoms with Gasteiger partial charge in [-0.15, -0.1) is 0 Å². The molecule has 0 heterocycles. The van der Waals surface area contributed by atoms with Crippen molar-refractivity contribution >= 4 is 15.9 Å². The third-order valence-electron chi connectivity index (χ3n) is 2.91. The SMILES string of the molecule is CCCCN(C)C(=O)c1ccc(OC)c(S(N)(=O)=O)c1. The van der Waals surface area contributed by atoms with Crippen LogP contribution in [0.2, 0.25) is 0 Å². The molecular formula is C13H20N2O4S. The number of amides is 1. The summed E-state index contributed by atoms with van der Waals surface area (Å²) in [5, 5.41) is 5.13. The van der Waals surface area contributed by atoms with Crippen LogP contribution in [0.5, 0.6) is 5.75 Å². The number of carbonyl (C=O) groups is 1. The van der Waals surface area contributed by atoms with Gasteiger partial charge in [-0.25, -0.2) is 13.6 Å². The fourth-order valence-electron chi connectivity index (χ4n) is 1.75. The fourth-order valence-corrected chi connectivity index (χ4v) is 2.47. The zero-order valence-corrected chi connectivity index (χ0v) is 12.7. The molecule has 7 heteroatoms. The van der Waals surface area contributed by atoms with E-state index in [0.717, 1.165) is 12.8 Å². The lowest BCUT2D eigenvalue weighted by Gasteiger charge is -2.17. The minimum absolute atomic E-state index is 0.125. The monoisotopic (exact) mass is 300 g/mol. The molecule has 0 aromatic heterocycles. The third-order valence-corrected chi connectivity index (χ3v) is 3.84. The standard InChI is InChI=1S/C13H20N2O4S/c1-4-5-8-15(2)13(16)10-6-7-11(19-3)12(9-10)20(14,17)18/h6-7,9H,4-5,8H2,1-3H3,(H2,14,17,18). The van der Waals surface area contributed by atoms with Gasteiger partial charge in [0.25, 0.3) is 5.91 Å². The smallest absolute Gasteiger partial charge is 0.253 e. The zero-order valence-electron chi connectivity index (χ0n) is 11.9. The van der Waals surface area contributed by atoms with E-state index in [2.05, 4.69) is 0 Å². The highest BCUT2D eigenvalue weighted by Crippen LogP contribution is 2.24. The highest BCUT2D eigenvalue weighted by molar-refractivity contribution is 7.89. The molecule has 6 nitrogen and oxygen atoms in total. The lowest BCUT2D eigenvalue weighted by Crippen LogP contribution is -2.28. The van der Waals surface area contributed by atoms with E-state index < -0.39 is 10.0 Å². The molecule has 20 heavy (non-hydrogen) atoms. The van der Waals surface area contributed by atoms with E-state index in [-0.39, 0.29) is 22.1 Å². The van der Waals surface area contributed by atoms with Gasteiger partial charge in [0, 0.05) is 19.2 Å². The van der Waals surface area contributed by atoms with Gasteiger partial charge in [0.1, 0.15) is 10.6 Å². The van der Waals surface area contributed by atoms with Gasteiger partial charge in [-0.3, -0.25) is 4.79 Å². The van der Waals surface area contributed by atoms with E-state index in [4.69, 9.17) is 9.88 Å². The number of ether oxygens (including phenoxy) is 1. The Morgan fingerprint density at radius 3 is 2.55 bits per heavy atom. The summed E-state index contributed by atoms with van der Waals surface area (Å²) in [5.41, 5.74) is 0.272. The minimum atomic E-state index is -3.94. The van der Waals surface area contributed by atoms with Gasteiger partial charge in [0.15, 0.2) is 0 Å². The Morgan fingerprint density at radius 1 is 1.40 bits per heavy atom. The number of primary sulfonamides is 1. The average Bonchev–Trinajstić information content (AvgIpc) is 2.42. The number of carbonyl (C=O) groups excluding carboxylic acids is 1. The van der Waals surface area contributed by atoms with Crippen molar-refractivity contribution in [2.45, 2.75) is 24.7 Å². The maximum Gasteiger partial charge on any atom is 0.253 e. The van der Waals surface area contributed by atoms with Crippen LogP contribution in [-0.2, 0) is 10.0 Å². The maximum atomic E-state index is 12.2. The number of hydrogen-bond acceptors (Lipinski definition) is 4. The zero-order chi connectivity index (χ0) is 15.3. The van der Waals surface area contributed by atoms with Gasteiger partial charge in [0.05, 0.1) is 7.11 Å². The van der Waals surface area contributed by atoms with Crippen molar-refractivity contribution in [2.75, 3.05) is 20.7 Å². The number of hydrogen-bond donors (Lipinski definition) is 1.